The van der Waals surface area contributed by atoms with E-state index in [4.69, 9.17) is 4.74 Å². The summed E-state index contributed by atoms with van der Waals surface area (Å²) in [6.45, 7) is 0.669. The number of likely N-dealkylation sites (N-methyl/N-ethyl adjacent to an activating group) is 1. The third-order valence-electron chi connectivity index (χ3n) is 3.32. The number of methoxy groups -OCH3 is 1. The molecule has 0 aromatic heterocycles. The van der Waals surface area contributed by atoms with E-state index in [1.54, 1.807) is 24.1 Å². The Labute approximate surface area is 133 Å². The fourth-order valence-corrected chi connectivity index (χ4v) is 2.43. The van der Waals surface area contributed by atoms with Crippen LogP contribution in [-0.4, -0.2) is 31.5 Å². The van der Waals surface area contributed by atoms with Gasteiger partial charge in [-0.2, -0.15) is 0 Å². The van der Waals surface area contributed by atoms with Gasteiger partial charge in [0, 0.05) is 18.1 Å². The normalized spacial score (nSPS) is 10.2. The number of rotatable bonds is 5. The van der Waals surface area contributed by atoms with E-state index in [1.807, 2.05) is 31.3 Å². The highest BCUT2D eigenvalue weighted by Crippen LogP contribution is 2.24. The Morgan fingerprint density at radius 3 is 2.57 bits per heavy atom. The minimum Gasteiger partial charge on any atom is -0.496 e. The van der Waals surface area contributed by atoms with Gasteiger partial charge in [-0.1, -0.05) is 46.3 Å². The largest absolute Gasteiger partial charge is 0.496 e. The lowest BCUT2D eigenvalue weighted by atomic mass is 10.1. The zero-order valence-electron chi connectivity index (χ0n) is 12.2. The van der Waals surface area contributed by atoms with E-state index in [1.165, 1.54) is 5.56 Å². The summed E-state index contributed by atoms with van der Waals surface area (Å²) in [7, 11) is 3.38. The van der Waals surface area contributed by atoms with Gasteiger partial charge in [0.2, 0.25) is 0 Å². The maximum absolute atomic E-state index is 12.5. The fourth-order valence-electron chi connectivity index (χ4n) is 2.09. The van der Waals surface area contributed by atoms with Gasteiger partial charge in [-0.15, -0.1) is 0 Å². The quantitative estimate of drug-likeness (QED) is 0.823. The number of nitrogens with zero attached hydrogens (tertiary/aromatic N) is 1. The van der Waals surface area contributed by atoms with Gasteiger partial charge in [0.25, 0.3) is 5.91 Å². The van der Waals surface area contributed by atoms with Crippen LogP contribution in [0.3, 0.4) is 0 Å². The molecular weight excluding hydrogens is 330 g/mol. The third-order valence-corrected chi connectivity index (χ3v) is 3.81. The topological polar surface area (TPSA) is 29.5 Å². The van der Waals surface area contributed by atoms with Gasteiger partial charge < -0.3 is 9.64 Å². The third kappa shape index (κ3) is 4.08. The molecular formula is C17H18BrNO2. The van der Waals surface area contributed by atoms with Gasteiger partial charge in [-0.3, -0.25) is 4.79 Å². The molecule has 0 radical (unpaired) electrons. The number of amides is 1. The number of benzene rings is 2. The van der Waals surface area contributed by atoms with Crippen LogP contribution in [0.5, 0.6) is 5.75 Å². The van der Waals surface area contributed by atoms with Crippen LogP contribution in [0.2, 0.25) is 0 Å². The summed E-state index contributed by atoms with van der Waals surface area (Å²) in [5, 5.41) is 0. The van der Waals surface area contributed by atoms with Crippen molar-refractivity contribution in [1.82, 2.24) is 4.90 Å². The Hall–Kier alpha value is -1.81. The van der Waals surface area contributed by atoms with Crippen LogP contribution in [0.25, 0.3) is 0 Å². The van der Waals surface area contributed by atoms with Crippen molar-refractivity contribution in [1.29, 1.82) is 0 Å². The van der Waals surface area contributed by atoms with Crippen LogP contribution in [0, 0.1) is 0 Å². The van der Waals surface area contributed by atoms with Gasteiger partial charge in [0.05, 0.1) is 12.7 Å². The highest BCUT2D eigenvalue weighted by atomic mass is 79.9. The molecule has 21 heavy (non-hydrogen) atoms. The van der Waals surface area contributed by atoms with Crippen molar-refractivity contribution in [2.24, 2.45) is 0 Å². The fraction of sp³-hybridized carbons (Fsp3) is 0.235. The molecule has 0 heterocycles. The molecule has 3 nitrogen and oxygen atoms in total. The molecule has 0 saturated carbocycles. The first-order valence-corrected chi connectivity index (χ1v) is 7.54. The average molecular weight is 348 g/mol. The lowest BCUT2D eigenvalue weighted by Crippen LogP contribution is -2.29. The van der Waals surface area contributed by atoms with Crippen LogP contribution < -0.4 is 4.74 Å². The molecule has 0 atom stereocenters. The molecule has 0 saturated heterocycles. The van der Waals surface area contributed by atoms with Gasteiger partial charge in [-0.05, 0) is 30.2 Å². The molecule has 0 unspecified atom stereocenters. The second-order valence-corrected chi connectivity index (χ2v) is 5.72. The Balaban J connectivity index is 2.05. The van der Waals surface area contributed by atoms with Crippen molar-refractivity contribution in [3.8, 4) is 5.75 Å². The molecule has 0 spiro atoms. The number of halogens is 1. The molecule has 2 rings (SSSR count). The molecule has 1 amide bonds. The van der Waals surface area contributed by atoms with Crippen molar-refractivity contribution < 1.29 is 9.53 Å². The molecule has 2 aromatic carbocycles. The van der Waals surface area contributed by atoms with Crippen molar-refractivity contribution in [3.63, 3.8) is 0 Å². The molecule has 0 aliphatic rings. The van der Waals surface area contributed by atoms with E-state index in [2.05, 4.69) is 28.1 Å². The summed E-state index contributed by atoms with van der Waals surface area (Å²) in [6.07, 6.45) is 0.835. The number of hydrogen-bond acceptors (Lipinski definition) is 2. The first-order valence-electron chi connectivity index (χ1n) is 6.74. The van der Waals surface area contributed by atoms with E-state index in [0.717, 1.165) is 10.9 Å². The summed E-state index contributed by atoms with van der Waals surface area (Å²) in [5.74, 6) is 0.552. The summed E-state index contributed by atoms with van der Waals surface area (Å²) in [4.78, 5) is 14.2. The summed E-state index contributed by atoms with van der Waals surface area (Å²) >= 11 is 3.38. The first kappa shape index (κ1) is 15.6. The molecule has 0 aliphatic carbocycles. The second-order valence-electron chi connectivity index (χ2n) is 4.81. The van der Waals surface area contributed by atoms with Crippen LogP contribution in [0.15, 0.2) is 53.0 Å². The highest BCUT2D eigenvalue weighted by molar-refractivity contribution is 9.10. The second kappa shape index (κ2) is 7.27. The predicted octanol–water partition coefficient (Wildman–Crippen LogP) is 3.77. The Morgan fingerprint density at radius 2 is 1.90 bits per heavy atom. The van der Waals surface area contributed by atoms with E-state index in [-0.39, 0.29) is 5.91 Å². The Bertz CT molecular complexity index is 613. The predicted molar refractivity (Wildman–Crippen MR) is 87.8 cm³/mol. The number of carbonyl (C=O) groups is 1. The maximum atomic E-state index is 12.5. The maximum Gasteiger partial charge on any atom is 0.257 e. The van der Waals surface area contributed by atoms with Crippen LogP contribution in [-0.2, 0) is 6.42 Å². The van der Waals surface area contributed by atoms with Gasteiger partial charge >= 0.3 is 0 Å². The molecule has 0 fully saturated rings. The lowest BCUT2D eigenvalue weighted by molar-refractivity contribution is 0.0793. The molecule has 4 heteroatoms. The molecule has 2 aromatic rings. The van der Waals surface area contributed by atoms with Gasteiger partial charge in [-0.25, -0.2) is 0 Å². The lowest BCUT2D eigenvalue weighted by Gasteiger charge is -2.19. The number of ether oxygens (including phenoxy) is 1. The Morgan fingerprint density at radius 1 is 1.19 bits per heavy atom. The van der Waals surface area contributed by atoms with Crippen molar-refractivity contribution in [2.75, 3.05) is 20.7 Å². The first-order chi connectivity index (χ1) is 10.1. The van der Waals surface area contributed by atoms with E-state index >= 15 is 0 Å². The summed E-state index contributed by atoms with van der Waals surface area (Å²) < 4.78 is 6.17. The van der Waals surface area contributed by atoms with E-state index < -0.39 is 0 Å². The van der Waals surface area contributed by atoms with Gasteiger partial charge in [0.15, 0.2) is 0 Å². The van der Waals surface area contributed by atoms with Crippen molar-refractivity contribution in [2.45, 2.75) is 6.42 Å². The standard InChI is InChI=1S/C17H18BrNO2/c1-19(11-10-13-6-4-3-5-7-13)17(20)15-9-8-14(18)12-16(15)21-2/h3-9,12H,10-11H2,1-2H3. The Kier molecular flexibility index (Phi) is 5.39. The van der Waals surface area contributed by atoms with Gasteiger partial charge in [0.1, 0.15) is 5.75 Å². The van der Waals surface area contributed by atoms with E-state index in [9.17, 15) is 4.79 Å². The zero-order chi connectivity index (χ0) is 15.2. The summed E-state index contributed by atoms with van der Waals surface area (Å²) in [5.41, 5.74) is 1.80. The SMILES string of the molecule is COc1cc(Br)ccc1C(=O)N(C)CCc1ccccc1. The van der Waals surface area contributed by atoms with Crippen LogP contribution in [0.4, 0.5) is 0 Å². The summed E-state index contributed by atoms with van der Waals surface area (Å²) in [6, 6.07) is 15.6. The number of hydrogen-bond donors (Lipinski definition) is 0. The van der Waals surface area contributed by atoms with Crippen molar-refractivity contribution in [3.05, 3.63) is 64.1 Å². The molecule has 0 aliphatic heterocycles. The molecule has 0 N–H and O–H groups in total. The number of carbonyl (C=O) groups excluding carboxylic acids is 1. The molecule has 0 bridgehead atoms. The molecule has 110 valence electrons. The monoisotopic (exact) mass is 347 g/mol. The minimum absolute atomic E-state index is 0.0321. The van der Waals surface area contributed by atoms with Crippen LogP contribution >= 0.6 is 15.9 Å². The van der Waals surface area contributed by atoms with Crippen LogP contribution in [0.1, 0.15) is 15.9 Å². The average Bonchev–Trinajstić information content (AvgIpc) is 2.52. The zero-order valence-corrected chi connectivity index (χ0v) is 13.8. The highest BCUT2D eigenvalue weighted by Gasteiger charge is 2.16. The van der Waals surface area contributed by atoms with Crippen molar-refractivity contribution >= 4 is 21.8 Å². The smallest absolute Gasteiger partial charge is 0.257 e. The van der Waals surface area contributed by atoms with E-state index in [0.29, 0.717) is 17.9 Å². The minimum atomic E-state index is -0.0321.